The Balaban J connectivity index is 1.30. The number of hydrogen-bond acceptors (Lipinski definition) is 7. The van der Waals surface area contributed by atoms with E-state index in [1.165, 1.54) is 6.92 Å². The number of esters is 2. The third kappa shape index (κ3) is 5.00. The lowest BCUT2D eigenvalue weighted by atomic mass is 9.46. The van der Waals surface area contributed by atoms with Gasteiger partial charge in [0.2, 0.25) is 0 Å². The number of nitrogens with zero attached hydrogens (tertiary/aromatic N) is 1. The molecule has 232 valence electrons. The highest BCUT2D eigenvalue weighted by Crippen LogP contribution is 2.68. The Morgan fingerprint density at radius 3 is 2.51 bits per heavy atom. The number of epoxide rings is 1. The Kier molecular flexibility index (Phi) is 7.31. The van der Waals surface area contributed by atoms with Gasteiger partial charge in [-0.2, -0.15) is 0 Å². The normalized spacial score (nSPS) is 40.3. The number of ketones is 1. The van der Waals surface area contributed by atoms with Crippen LogP contribution in [0.5, 0.6) is 0 Å². The van der Waals surface area contributed by atoms with Crippen molar-refractivity contribution >= 4 is 17.7 Å². The van der Waals surface area contributed by atoms with Crippen molar-refractivity contribution in [1.29, 1.82) is 0 Å². The van der Waals surface area contributed by atoms with Gasteiger partial charge in [-0.25, -0.2) is 4.79 Å². The standard InChI is InChI=1S/C36H47NO6/c1-21(30(19-36(7)33(3,4)43-36)42-32(40)23-9-8-16-37-20-23)26-10-11-27-31-28(13-15-35(26,27)6)34(5)14-12-25(39)17-24(34)18-29(31)41-22(2)38/h8-9,12,14,16-17,20-21,26-31H,10-11,13,15,18-19H2,1-7H3/t21-,26+,27-,28-,29+,30+,31-,34-,35+,36-/m0/s1. The van der Waals surface area contributed by atoms with Crippen molar-refractivity contribution in [2.75, 3.05) is 0 Å². The van der Waals surface area contributed by atoms with Crippen molar-refractivity contribution in [1.82, 2.24) is 4.98 Å². The number of rotatable bonds is 7. The number of fused-ring (bicyclic) bond motifs is 5. The summed E-state index contributed by atoms with van der Waals surface area (Å²) in [6.07, 6.45) is 13.7. The summed E-state index contributed by atoms with van der Waals surface area (Å²) in [6.45, 7) is 14.8. The molecular formula is C36H47NO6. The third-order valence-corrected chi connectivity index (χ3v) is 12.6. The van der Waals surface area contributed by atoms with Crippen molar-refractivity contribution in [2.45, 2.75) is 110 Å². The number of carbonyl (C=O) groups is 3. The van der Waals surface area contributed by atoms with E-state index in [-0.39, 0.29) is 63.8 Å². The maximum absolute atomic E-state index is 13.3. The SMILES string of the molecule is CC(=O)O[C@@H]1CC2=CC(=O)C=C[C@]2(C)[C@H]2CC[C@]3(C)[C@@H]([C@H](C)[C@@H](C[C@]4(C)OC4(C)C)OC(=O)c4cccnc4)CC[C@H]3[C@H]12. The van der Waals surface area contributed by atoms with Crippen LogP contribution in [-0.2, 0) is 23.8 Å². The third-order valence-electron chi connectivity index (χ3n) is 12.6. The summed E-state index contributed by atoms with van der Waals surface area (Å²) >= 11 is 0. The van der Waals surface area contributed by atoms with Gasteiger partial charge < -0.3 is 14.2 Å². The molecule has 7 nitrogen and oxygen atoms in total. The van der Waals surface area contributed by atoms with E-state index in [0.717, 1.165) is 31.3 Å². The summed E-state index contributed by atoms with van der Waals surface area (Å²) in [4.78, 5) is 42.2. The van der Waals surface area contributed by atoms with Crippen LogP contribution in [0.1, 0.15) is 97.3 Å². The van der Waals surface area contributed by atoms with Crippen LogP contribution in [-0.4, -0.2) is 46.1 Å². The molecule has 0 bridgehead atoms. The first-order valence-electron chi connectivity index (χ1n) is 16.1. The highest BCUT2D eigenvalue weighted by atomic mass is 16.6. The topological polar surface area (TPSA) is 95.1 Å². The smallest absolute Gasteiger partial charge is 0.339 e. The molecule has 4 fully saturated rings. The van der Waals surface area contributed by atoms with E-state index in [2.05, 4.69) is 52.6 Å². The monoisotopic (exact) mass is 589 g/mol. The van der Waals surface area contributed by atoms with Gasteiger partial charge in [0.05, 0.1) is 16.8 Å². The lowest BCUT2D eigenvalue weighted by Gasteiger charge is -2.59. The fraction of sp³-hybridized carbons (Fsp3) is 0.667. The largest absolute Gasteiger partial charge is 0.462 e. The highest BCUT2D eigenvalue weighted by Gasteiger charge is 2.65. The van der Waals surface area contributed by atoms with Crippen LogP contribution >= 0.6 is 0 Å². The van der Waals surface area contributed by atoms with Crippen LogP contribution in [0.4, 0.5) is 0 Å². The number of pyridine rings is 1. The first-order chi connectivity index (χ1) is 20.2. The molecule has 2 heterocycles. The zero-order valence-electron chi connectivity index (χ0n) is 26.7. The van der Waals surface area contributed by atoms with Gasteiger partial charge in [-0.3, -0.25) is 14.6 Å². The zero-order chi connectivity index (χ0) is 30.9. The van der Waals surface area contributed by atoms with E-state index in [4.69, 9.17) is 14.2 Å². The Morgan fingerprint density at radius 1 is 1.12 bits per heavy atom. The van der Waals surface area contributed by atoms with Crippen molar-refractivity contribution < 1.29 is 28.6 Å². The van der Waals surface area contributed by atoms with Crippen LogP contribution in [0, 0.1) is 40.4 Å². The van der Waals surface area contributed by atoms with Gasteiger partial charge in [-0.1, -0.05) is 32.4 Å². The van der Waals surface area contributed by atoms with Gasteiger partial charge in [0.1, 0.15) is 12.2 Å². The molecule has 3 saturated carbocycles. The molecule has 7 heteroatoms. The molecule has 0 radical (unpaired) electrons. The first kappa shape index (κ1) is 30.2. The summed E-state index contributed by atoms with van der Waals surface area (Å²) in [6, 6.07) is 3.51. The fourth-order valence-corrected chi connectivity index (χ4v) is 9.87. The predicted molar refractivity (Wildman–Crippen MR) is 162 cm³/mol. The van der Waals surface area contributed by atoms with E-state index in [1.54, 1.807) is 36.7 Å². The summed E-state index contributed by atoms with van der Waals surface area (Å²) in [7, 11) is 0. The van der Waals surface area contributed by atoms with Gasteiger partial charge in [0.15, 0.2) is 5.78 Å². The highest BCUT2D eigenvalue weighted by molar-refractivity contribution is 6.01. The summed E-state index contributed by atoms with van der Waals surface area (Å²) in [5.41, 5.74) is 0.738. The molecule has 0 spiro atoms. The molecule has 1 saturated heterocycles. The van der Waals surface area contributed by atoms with Crippen molar-refractivity contribution in [3.8, 4) is 0 Å². The minimum absolute atomic E-state index is 0.00452. The second-order valence-electron chi connectivity index (χ2n) is 15.2. The van der Waals surface area contributed by atoms with Gasteiger partial charge in [0.25, 0.3) is 0 Å². The van der Waals surface area contributed by atoms with Crippen molar-refractivity contribution in [3.63, 3.8) is 0 Å². The number of hydrogen-bond donors (Lipinski definition) is 0. The number of aromatic nitrogens is 1. The average Bonchev–Trinajstić information content (AvgIpc) is 3.25. The Morgan fingerprint density at radius 2 is 1.86 bits per heavy atom. The summed E-state index contributed by atoms with van der Waals surface area (Å²) < 4.78 is 18.6. The van der Waals surface area contributed by atoms with Crippen LogP contribution in [0.15, 0.2) is 48.3 Å². The Bertz CT molecular complexity index is 1370. The van der Waals surface area contributed by atoms with E-state index >= 15 is 0 Å². The van der Waals surface area contributed by atoms with Crippen molar-refractivity contribution in [2.24, 2.45) is 40.4 Å². The van der Waals surface area contributed by atoms with Crippen LogP contribution in [0.2, 0.25) is 0 Å². The fourth-order valence-electron chi connectivity index (χ4n) is 9.87. The summed E-state index contributed by atoms with van der Waals surface area (Å²) in [5.74, 6) is 0.732. The maximum Gasteiger partial charge on any atom is 0.339 e. The second-order valence-corrected chi connectivity index (χ2v) is 15.2. The minimum atomic E-state index is -0.358. The van der Waals surface area contributed by atoms with E-state index in [9.17, 15) is 14.4 Å². The molecular weight excluding hydrogens is 542 g/mol. The zero-order valence-corrected chi connectivity index (χ0v) is 26.7. The molecule has 4 aliphatic carbocycles. The van der Waals surface area contributed by atoms with E-state index in [0.29, 0.717) is 36.2 Å². The lowest BCUT2D eigenvalue weighted by Crippen LogP contribution is -2.56. The molecule has 6 rings (SSSR count). The number of ether oxygens (including phenoxy) is 3. The van der Waals surface area contributed by atoms with Gasteiger partial charge in [-0.05, 0) is 99.8 Å². The molecule has 43 heavy (non-hydrogen) atoms. The van der Waals surface area contributed by atoms with Gasteiger partial charge >= 0.3 is 11.9 Å². The molecule has 10 atom stereocenters. The maximum atomic E-state index is 13.3. The van der Waals surface area contributed by atoms with Crippen molar-refractivity contribution in [3.05, 3.63) is 53.9 Å². The van der Waals surface area contributed by atoms with E-state index < -0.39 is 0 Å². The van der Waals surface area contributed by atoms with Crippen LogP contribution in [0.25, 0.3) is 0 Å². The quantitative estimate of drug-likeness (QED) is 0.259. The van der Waals surface area contributed by atoms with E-state index in [1.807, 2.05) is 0 Å². The molecule has 0 unspecified atom stereocenters. The molecule has 5 aliphatic rings. The lowest BCUT2D eigenvalue weighted by molar-refractivity contribution is -0.164. The summed E-state index contributed by atoms with van der Waals surface area (Å²) in [5, 5.41) is 0. The molecule has 0 aromatic carbocycles. The second kappa shape index (κ2) is 10.4. The number of allylic oxidation sites excluding steroid dienone is 3. The van der Waals surface area contributed by atoms with Gasteiger partial charge in [0, 0.05) is 43.5 Å². The Hall–Kier alpha value is -2.80. The minimum Gasteiger partial charge on any atom is -0.462 e. The molecule has 1 aromatic rings. The Labute approximate surface area is 255 Å². The van der Waals surface area contributed by atoms with Crippen LogP contribution < -0.4 is 0 Å². The molecule has 0 N–H and O–H groups in total. The number of carbonyl (C=O) groups excluding carboxylic acids is 3. The molecule has 1 aromatic heterocycles. The van der Waals surface area contributed by atoms with Gasteiger partial charge in [-0.15, -0.1) is 0 Å². The molecule has 1 aliphatic heterocycles. The average molecular weight is 590 g/mol. The first-order valence-corrected chi connectivity index (χ1v) is 16.1. The van der Waals surface area contributed by atoms with Crippen LogP contribution in [0.3, 0.4) is 0 Å². The molecule has 0 amide bonds. The predicted octanol–water partition coefficient (Wildman–Crippen LogP) is 6.67.